The van der Waals surface area contributed by atoms with Crippen LogP contribution in [0.3, 0.4) is 0 Å². The van der Waals surface area contributed by atoms with Gasteiger partial charge in [0, 0.05) is 0 Å². The normalized spacial score (nSPS) is 9.78. The summed E-state index contributed by atoms with van der Waals surface area (Å²) >= 11 is 0. The van der Waals surface area contributed by atoms with Gasteiger partial charge in [0.1, 0.15) is 0 Å². The Bertz CT molecular complexity index is 130. The van der Waals surface area contributed by atoms with Gasteiger partial charge in [0.15, 0.2) is 0 Å². The van der Waals surface area contributed by atoms with Crippen molar-refractivity contribution in [1.29, 1.82) is 0 Å². The van der Waals surface area contributed by atoms with Crippen LogP contribution >= 0.6 is 0 Å². The molecule has 3 nitrogen and oxygen atoms in total. The quantitative estimate of drug-likeness (QED) is 0.536. The van der Waals surface area contributed by atoms with Crippen molar-refractivity contribution in [3.05, 3.63) is 0 Å². The lowest BCUT2D eigenvalue weighted by Crippen LogP contribution is -1.89. The summed E-state index contributed by atoms with van der Waals surface area (Å²) in [5.74, 6) is 0. The van der Waals surface area contributed by atoms with E-state index in [2.05, 4.69) is 4.18 Å². The Hall–Kier alpha value is -0.230. The van der Waals surface area contributed by atoms with E-state index in [0.717, 1.165) is 7.11 Å². The van der Waals surface area contributed by atoms with Gasteiger partial charge in [-0.25, -0.2) is 4.18 Å². The van der Waals surface area contributed by atoms with Crippen LogP contribution in [0.25, 0.3) is 0 Å². The Labute approximate surface area is 53.0 Å². The average molecular weight is 162 g/mol. The van der Waals surface area contributed by atoms with Gasteiger partial charge in [0.2, 0.25) is 0 Å². The van der Waals surface area contributed by atoms with E-state index in [1.807, 2.05) is 0 Å². The lowest BCUT2D eigenvalue weighted by Gasteiger charge is -1.78. The van der Waals surface area contributed by atoms with Crippen LogP contribution in [0.4, 0.5) is 8.28 Å². The molecule has 0 amide bonds. The Morgan fingerprint density at radius 3 is 1.67 bits per heavy atom. The van der Waals surface area contributed by atoms with Crippen LogP contribution < -0.4 is 0 Å². The van der Waals surface area contributed by atoms with Crippen molar-refractivity contribution in [2.45, 2.75) is 6.92 Å². The first-order valence-electron chi connectivity index (χ1n) is 2.04. The van der Waals surface area contributed by atoms with Gasteiger partial charge >= 0.3 is 10.5 Å². The third-order valence-electron chi connectivity index (χ3n) is 0.199. The van der Waals surface area contributed by atoms with Gasteiger partial charge < -0.3 is 0 Å². The molecule has 0 unspecified atom stereocenters. The smallest absolute Gasteiger partial charge is 0.251 e. The lowest BCUT2D eigenvalue weighted by atomic mass is 10.9. The molecule has 9 heavy (non-hydrogen) atoms. The Morgan fingerprint density at radius 1 is 1.56 bits per heavy atom. The van der Waals surface area contributed by atoms with Gasteiger partial charge in [-0.3, -0.25) is 4.39 Å². The summed E-state index contributed by atoms with van der Waals surface area (Å²) in [6.07, 6.45) is 0. The van der Waals surface area contributed by atoms with Gasteiger partial charge in [-0.05, 0) is 6.92 Å². The molecular weight excluding hydrogens is 154 g/mol. The standard InChI is InChI=1S/C2H5F.CH3FO3S/c1-2-3;1-5-6(2,3)4/h2H2,1H3;1H3. The van der Waals surface area contributed by atoms with Crippen molar-refractivity contribution < 1.29 is 20.9 Å². The number of halogens is 2. The third kappa shape index (κ3) is 33.7. The number of rotatable bonds is 1. The van der Waals surface area contributed by atoms with Crippen molar-refractivity contribution in [3.8, 4) is 0 Å². The Kier molecular flexibility index (Phi) is 7.57. The minimum absolute atomic E-state index is 0.250. The molecule has 0 aromatic carbocycles. The molecule has 0 aliphatic carbocycles. The maximum absolute atomic E-state index is 10.9. The summed E-state index contributed by atoms with van der Waals surface area (Å²) in [7, 11) is -3.92. The molecule has 0 bridgehead atoms. The van der Waals surface area contributed by atoms with Crippen LogP contribution in [0.15, 0.2) is 0 Å². The summed E-state index contributed by atoms with van der Waals surface area (Å²) in [6.45, 7) is 1.21. The predicted molar refractivity (Wildman–Crippen MR) is 28.7 cm³/mol. The van der Waals surface area contributed by atoms with E-state index >= 15 is 0 Å². The molecule has 0 saturated carbocycles. The molecular formula is C3H8F2O3S. The topological polar surface area (TPSA) is 43.4 Å². The van der Waals surface area contributed by atoms with Crippen molar-refractivity contribution in [3.63, 3.8) is 0 Å². The van der Waals surface area contributed by atoms with E-state index in [4.69, 9.17) is 8.42 Å². The second-order valence-electron chi connectivity index (χ2n) is 0.827. The van der Waals surface area contributed by atoms with E-state index in [0.29, 0.717) is 0 Å². The maximum Gasteiger partial charge on any atom is 0.437 e. The zero-order valence-electron chi connectivity index (χ0n) is 5.10. The third-order valence-corrected chi connectivity index (χ3v) is 0.597. The Balaban J connectivity index is 0. The molecule has 0 saturated heterocycles. The fourth-order valence-corrected chi connectivity index (χ4v) is 0. The lowest BCUT2D eigenvalue weighted by molar-refractivity contribution is 0.362. The molecule has 0 aromatic rings. The molecule has 58 valence electrons. The highest BCUT2D eigenvalue weighted by atomic mass is 32.3. The fourth-order valence-electron chi connectivity index (χ4n) is 0. The first kappa shape index (κ1) is 11.6. The van der Waals surface area contributed by atoms with E-state index < -0.39 is 10.5 Å². The van der Waals surface area contributed by atoms with Crippen molar-refractivity contribution in [2.24, 2.45) is 0 Å². The largest absolute Gasteiger partial charge is 0.437 e. The fraction of sp³-hybridized carbons (Fsp3) is 1.00. The molecule has 0 rings (SSSR count). The van der Waals surface area contributed by atoms with Crippen LogP contribution in [-0.4, -0.2) is 22.2 Å². The average Bonchev–Trinajstić information content (AvgIpc) is 1.67. The van der Waals surface area contributed by atoms with E-state index in [9.17, 15) is 8.28 Å². The van der Waals surface area contributed by atoms with Crippen molar-refractivity contribution in [1.82, 2.24) is 0 Å². The molecule has 0 aliphatic rings. The first-order valence-corrected chi connectivity index (χ1v) is 3.35. The molecule has 0 fully saturated rings. The van der Waals surface area contributed by atoms with Crippen LogP contribution in [0.2, 0.25) is 0 Å². The summed E-state index contributed by atoms with van der Waals surface area (Å²) in [6, 6.07) is 0. The van der Waals surface area contributed by atoms with Crippen molar-refractivity contribution >= 4 is 10.5 Å². The minimum Gasteiger partial charge on any atom is -0.251 e. The van der Waals surface area contributed by atoms with Gasteiger partial charge in [0.05, 0.1) is 13.8 Å². The molecule has 0 heterocycles. The second kappa shape index (κ2) is 5.90. The summed E-state index contributed by atoms with van der Waals surface area (Å²) < 4.78 is 42.6. The maximum atomic E-state index is 10.9. The van der Waals surface area contributed by atoms with E-state index in [1.54, 1.807) is 0 Å². The van der Waals surface area contributed by atoms with Crippen molar-refractivity contribution in [2.75, 3.05) is 13.8 Å². The number of hydrogen-bond acceptors (Lipinski definition) is 3. The van der Waals surface area contributed by atoms with Gasteiger partial charge in [-0.15, -0.1) is 0 Å². The zero-order valence-corrected chi connectivity index (χ0v) is 5.91. The summed E-state index contributed by atoms with van der Waals surface area (Å²) in [5, 5.41) is 0. The predicted octanol–water partition coefficient (Wildman–Crippen LogP) is 0.823. The molecule has 0 spiro atoms. The Morgan fingerprint density at radius 2 is 1.67 bits per heavy atom. The highest BCUT2D eigenvalue weighted by Gasteiger charge is 1.98. The molecule has 6 heteroatoms. The molecule has 0 N–H and O–H groups in total. The SMILES string of the molecule is CCF.COS(=O)(=O)F. The molecule has 0 aromatic heterocycles. The van der Waals surface area contributed by atoms with Gasteiger partial charge in [-0.1, -0.05) is 3.89 Å². The molecule has 0 radical (unpaired) electrons. The van der Waals surface area contributed by atoms with Crippen LogP contribution in [-0.2, 0) is 14.7 Å². The molecule has 0 atom stereocenters. The summed E-state index contributed by atoms with van der Waals surface area (Å²) in [4.78, 5) is 0. The van der Waals surface area contributed by atoms with Gasteiger partial charge in [-0.2, -0.15) is 8.42 Å². The molecule has 0 aliphatic heterocycles. The second-order valence-corrected chi connectivity index (χ2v) is 1.95. The highest BCUT2D eigenvalue weighted by molar-refractivity contribution is 7.81. The first-order chi connectivity index (χ1) is 3.97. The van der Waals surface area contributed by atoms with Crippen LogP contribution in [0, 0.1) is 0 Å². The van der Waals surface area contributed by atoms with Crippen LogP contribution in [0.5, 0.6) is 0 Å². The van der Waals surface area contributed by atoms with E-state index in [-0.39, 0.29) is 6.67 Å². The minimum atomic E-state index is -4.66. The number of hydrogen-bond donors (Lipinski definition) is 0. The number of alkyl halides is 1. The van der Waals surface area contributed by atoms with Crippen LogP contribution in [0.1, 0.15) is 6.92 Å². The monoisotopic (exact) mass is 162 g/mol. The highest BCUT2D eigenvalue weighted by Crippen LogP contribution is 1.85. The van der Waals surface area contributed by atoms with E-state index in [1.165, 1.54) is 6.92 Å². The summed E-state index contributed by atoms with van der Waals surface area (Å²) in [5.41, 5.74) is 0. The van der Waals surface area contributed by atoms with Gasteiger partial charge in [0.25, 0.3) is 0 Å². The zero-order chi connectivity index (χ0) is 7.91.